The molecule has 1 aromatic heterocycles. The van der Waals surface area contributed by atoms with Crippen molar-refractivity contribution in [2.45, 2.75) is 4.90 Å². The fraction of sp³-hybridized carbons (Fsp3) is 0.0667. The summed E-state index contributed by atoms with van der Waals surface area (Å²) in [6.45, 7) is 0. The van der Waals surface area contributed by atoms with Crippen molar-refractivity contribution in [2.75, 3.05) is 14.2 Å². The maximum absolute atomic E-state index is 11.7. The van der Waals surface area contributed by atoms with Crippen LogP contribution in [-0.2, 0) is 8.92 Å². The van der Waals surface area contributed by atoms with Gasteiger partial charge in [0.15, 0.2) is 0 Å². The molecule has 0 unspecified atom stereocenters. The van der Waals surface area contributed by atoms with Gasteiger partial charge < -0.3 is 13.9 Å². The van der Waals surface area contributed by atoms with Gasteiger partial charge in [-0.15, -0.1) is 0 Å². The van der Waals surface area contributed by atoms with Crippen LogP contribution in [0, 0.1) is 0 Å². The summed E-state index contributed by atoms with van der Waals surface area (Å²) in [5.41, 5.74) is 3.18. The molecule has 0 aliphatic carbocycles. The highest BCUT2D eigenvalue weighted by Crippen LogP contribution is 2.28. The molecule has 0 saturated heterocycles. The summed E-state index contributed by atoms with van der Waals surface area (Å²) >= 11 is 1.39. The van der Waals surface area contributed by atoms with E-state index in [1.54, 1.807) is 19.2 Å². The van der Waals surface area contributed by atoms with Crippen molar-refractivity contribution in [2.24, 2.45) is 0 Å². The molecule has 0 amide bonds. The number of carbonyl (C=O) groups excluding carboxylic acids is 1. The Kier molecular flexibility index (Phi) is 6.98. The van der Waals surface area contributed by atoms with E-state index in [1.807, 2.05) is 42.5 Å². The van der Waals surface area contributed by atoms with Gasteiger partial charge in [0, 0.05) is 22.5 Å². The van der Waals surface area contributed by atoms with Crippen LogP contribution >= 0.6 is 12.0 Å². The van der Waals surface area contributed by atoms with Crippen LogP contribution in [0.5, 0.6) is 0 Å². The minimum absolute atomic E-state index is 0.354. The van der Waals surface area contributed by atoms with E-state index in [2.05, 4.69) is 58.5 Å². The third-order valence-corrected chi connectivity index (χ3v) is 6.46. The first kappa shape index (κ1) is 23.6. The Morgan fingerprint density at radius 3 is 2.33 bits per heavy atom. The molecule has 0 aliphatic rings. The number of methoxy groups -OCH3 is 1. The summed E-state index contributed by atoms with van der Waals surface area (Å²) in [4.78, 5) is 20.7. The molecule has 0 radical (unpaired) electrons. The number of carbonyl (C=O) groups is 1. The lowest BCUT2D eigenvalue weighted by molar-refractivity contribution is 0.0601. The molecule has 5 aromatic carbocycles. The number of benzene rings is 5. The third-order valence-electron chi connectivity index (χ3n) is 5.85. The van der Waals surface area contributed by atoms with Crippen LogP contribution in [-0.4, -0.2) is 30.2 Å². The summed E-state index contributed by atoms with van der Waals surface area (Å²) in [7, 11) is 3.06. The number of nitrogens with zero attached hydrogens (tertiary/aromatic N) is 1. The molecule has 1 heterocycles. The van der Waals surface area contributed by atoms with E-state index in [9.17, 15) is 4.79 Å². The number of aromatic nitrogens is 2. The normalized spacial score (nSPS) is 10.8. The second-order valence-corrected chi connectivity index (χ2v) is 9.07. The second-order valence-electron chi connectivity index (χ2n) is 8.09. The molecule has 0 bridgehead atoms. The number of rotatable bonds is 4. The van der Waals surface area contributed by atoms with Crippen LogP contribution in [0.2, 0.25) is 0 Å². The molecular formula is C30H24N2O3S. The molecule has 1 N–H and O–H groups in total. The summed E-state index contributed by atoms with van der Waals surface area (Å²) in [5.74, 6) is 0.437. The van der Waals surface area contributed by atoms with Crippen LogP contribution in [0.25, 0.3) is 44.0 Å². The van der Waals surface area contributed by atoms with Gasteiger partial charge in [-0.05, 0) is 51.9 Å². The van der Waals surface area contributed by atoms with E-state index in [0.29, 0.717) is 5.56 Å². The van der Waals surface area contributed by atoms with Crippen molar-refractivity contribution in [3.8, 4) is 11.4 Å². The molecule has 0 spiro atoms. The fourth-order valence-corrected chi connectivity index (χ4v) is 4.62. The Hall–Kier alpha value is -4.13. The van der Waals surface area contributed by atoms with Gasteiger partial charge in [-0.25, -0.2) is 9.78 Å². The van der Waals surface area contributed by atoms with Crippen molar-refractivity contribution in [1.82, 2.24) is 9.97 Å². The monoisotopic (exact) mass is 492 g/mol. The highest BCUT2D eigenvalue weighted by atomic mass is 32.2. The third kappa shape index (κ3) is 4.96. The maximum Gasteiger partial charge on any atom is 0.337 e. The Morgan fingerprint density at radius 2 is 1.53 bits per heavy atom. The number of hydrogen-bond acceptors (Lipinski definition) is 5. The van der Waals surface area contributed by atoms with Gasteiger partial charge in [0.05, 0.1) is 30.8 Å². The molecule has 6 heteroatoms. The lowest BCUT2D eigenvalue weighted by atomic mass is 10.0. The minimum Gasteiger partial charge on any atom is -0.465 e. The zero-order chi connectivity index (χ0) is 24.9. The van der Waals surface area contributed by atoms with E-state index in [4.69, 9.17) is 8.92 Å². The van der Waals surface area contributed by atoms with Crippen molar-refractivity contribution >= 4 is 50.6 Å². The molecule has 0 saturated carbocycles. The number of fused-ring (bicyclic) bond motifs is 3. The van der Waals surface area contributed by atoms with Crippen LogP contribution < -0.4 is 0 Å². The fourth-order valence-electron chi connectivity index (χ4n) is 4.13. The molecule has 0 fully saturated rings. The number of aromatic amines is 1. The quantitative estimate of drug-likeness (QED) is 0.202. The number of nitrogens with one attached hydrogen (secondary N) is 1. The minimum atomic E-state index is -0.354. The van der Waals surface area contributed by atoms with Crippen molar-refractivity contribution < 1.29 is 13.7 Å². The molecule has 5 nitrogen and oxygen atoms in total. The summed E-state index contributed by atoms with van der Waals surface area (Å²) in [6, 6.07) is 34.3. The van der Waals surface area contributed by atoms with Crippen molar-refractivity contribution in [3.05, 3.63) is 109 Å². The average Bonchev–Trinajstić information content (AvgIpc) is 3.36. The van der Waals surface area contributed by atoms with Crippen molar-refractivity contribution in [1.29, 1.82) is 0 Å². The first-order valence-electron chi connectivity index (χ1n) is 11.4. The largest absolute Gasteiger partial charge is 0.465 e. The van der Waals surface area contributed by atoms with Gasteiger partial charge >= 0.3 is 5.97 Å². The summed E-state index contributed by atoms with van der Waals surface area (Å²) in [5, 5.41) is 4.83. The Morgan fingerprint density at radius 1 is 0.778 bits per heavy atom. The lowest BCUT2D eigenvalue weighted by Crippen LogP contribution is -2.00. The highest BCUT2D eigenvalue weighted by molar-refractivity contribution is 7.94. The zero-order valence-electron chi connectivity index (χ0n) is 19.9. The smallest absolute Gasteiger partial charge is 0.337 e. The van der Waals surface area contributed by atoms with Gasteiger partial charge in [-0.3, -0.25) is 0 Å². The number of imidazole rings is 1. The second kappa shape index (κ2) is 10.6. The van der Waals surface area contributed by atoms with Crippen molar-refractivity contribution in [3.63, 3.8) is 0 Å². The molecule has 6 rings (SSSR count). The zero-order valence-corrected chi connectivity index (χ0v) is 20.7. The molecule has 0 atom stereocenters. The average molecular weight is 493 g/mol. The molecule has 36 heavy (non-hydrogen) atoms. The van der Waals surface area contributed by atoms with Crippen LogP contribution in [0.15, 0.2) is 108 Å². The molecular weight excluding hydrogens is 468 g/mol. The predicted molar refractivity (Wildman–Crippen MR) is 147 cm³/mol. The summed E-state index contributed by atoms with van der Waals surface area (Å²) < 4.78 is 9.75. The molecule has 0 aliphatic heterocycles. The number of hydrogen-bond donors (Lipinski definition) is 1. The SMILES string of the molecule is COC(=O)c1ccc2nc(-c3cccc4ccccc34)[nH]c2c1.COSc1ccc2ccccc2c1. The maximum atomic E-state index is 11.7. The Labute approximate surface area is 213 Å². The lowest BCUT2D eigenvalue weighted by Gasteiger charge is -2.03. The first-order chi connectivity index (χ1) is 17.7. The van der Waals surface area contributed by atoms with E-state index in [0.717, 1.165) is 32.7 Å². The Balaban J connectivity index is 0.000000174. The molecule has 6 aromatic rings. The molecule has 178 valence electrons. The van der Waals surface area contributed by atoms with Gasteiger partial charge in [0.25, 0.3) is 0 Å². The van der Waals surface area contributed by atoms with E-state index < -0.39 is 0 Å². The topological polar surface area (TPSA) is 64.2 Å². The first-order valence-corrected chi connectivity index (χ1v) is 12.2. The van der Waals surface area contributed by atoms with E-state index in [1.165, 1.54) is 35.3 Å². The van der Waals surface area contributed by atoms with Gasteiger partial charge in [0.1, 0.15) is 5.82 Å². The van der Waals surface area contributed by atoms with E-state index >= 15 is 0 Å². The number of ether oxygens (including phenoxy) is 1. The van der Waals surface area contributed by atoms with Gasteiger partial charge in [-0.1, -0.05) is 72.8 Å². The standard InChI is InChI=1S/C19H14N2O2.C11H10OS/c1-23-19(22)13-9-10-16-17(11-13)21-18(20-16)15-8-4-6-12-5-2-3-7-14(12)15;1-12-13-11-7-6-9-4-2-3-5-10(9)8-11/h2-11H,1H3,(H,20,21);2-8H,1H3. The van der Waals surface area contributed by atoms with Gasteiger partial charge in [-0.2, -0.15) is 0 Å². The Bertz CT molecular complexity index is 1670. The van der Waals surface area contributed by atoms with E-state index in [-0.39, 0.29) is 5.97 Å². The van der Waals surface area contributed by atoms with Gasteiger partial charge in [0.2, 0.25) is 0 Å². The predicted octanol–water partition coefficient (Wildman–Crippen LogP) is 7.66. The van der Waals surface area contributed by atoms with Crippen LogP contribution in [0.3, 0.4) is 0 Å². The van der Waals surface area contributed by atoms with Crippen LogP contribution in [0.1, 0.15) is 10.4 Å². The number of H-pyrrole nitrogens is 1. The number of esters is 1. The highest BCUT2D eigenvalue weighted by Gasteiger charge is 2.11. The summed E-state index contributed by atoms with van der Waals surface area (Å²) in [6.07, 6.45) is 0. The van der Waals surface area contributed by atoms with Crippen LogP contribution in [0.4, 0.5) is 0 Å².